The molecule has 0 aliphatic rings. The Morgan fingerprint density at radius 2 is 2.33 bits per heavy atom. The van der Waals surface area contributed by atoms with Crippen molar-refractivity contribution in [3.05, 3.63) is 17.1 Å². The lowest BCUT2D eigenvalue weighted by Gasteiger charge is -2.15. The molecule has 8 heteroatoms. The first kappa shape index (κ1) is 12.6. The number of carbonyl (C=O) groups is 1. The predicted molar refractivity (Wildman–Crippen MR) is 64.8 cm³/mol. The molecule has 5 nitrogen and oxygen atoms in total. The predicted octanol–water partition coefficient (Wildman–Crippen LogP) is 1.61. The molecule has 0 bridgehead atoms. The molecular formula is C10H10F2N4OS. The van der Waals surface area contributed by atoms with Crippen LogP contribution < -0.4 is 5.73 Å². The standard InChI is InChI=1S/C10H10F2N4OS/c1-16(4-6(11)12)10(17)8-7(13)5-2-3-14-15-9(5)18-8/h2-3,6H,4,13H2,1H3. The van der Waals surface area contributed by atoms with E-state index >= 15 is 0 Å². The molecule has 2 N–H and O–H groups in total. The van der Waals surface area contributed by atoms with Crippen molar-refractivity contribution in [1.82, 2.24) is 15.1 Å². The van der Waals surface area contributed by atoms with E-state index in [0.29, 0.717) is 10.2 Å². The van der Waals surface area contributed by atoms with Crippen molar-refractivity contribution < 1.29 is 13.6 Å². The van der Waals surface area contributed by atoms with E-state index in [-0.39, 0.29) is 10.6 Å². The number of nitrogens with zero attached hydrogens (tertiary/aromatic N) is 3. The number of nitrogen functional groups attached to an aromatic ring is 1. The van der Waals surface area contributed by atoms with E-state index < -0.39 is 18.9 Å². The molecule has 0 spiro atoms. The van der Waals surface area contributed by atoms with Gasteiger partial charge in [0.1, 0.15) is 9.71 Å². The summed E-state index contributed by atoms with van der Waals surface area (Å²) in [5, 5.41) is 8.13. The van der Waals surface area contributed by atoms with Gasteiger partial charge in [0.15, 0.2) is 0 Å². The highest BCUT2D eigenvalue weighted by Gasteiger charge is 2.22. The molecule has 0 radical (unpaired) electrons. The number of aromatic nitrogens is 2. The molecule has 2 aromatic rings. The summed E-state index contributed by atoms with van der Waals surface area (Å²) in [4.78, 5) is 13.6. The third kappa shape index (κ3) is 2.23. The summed E-state index contributed by atoms with van der Waals surface area (Å²) in [5.41, 5.74) is 6.08. The van der Waals surface area contributed by atoms with Crippen LogP contribution in [0.25, 0.3) is 10.2 Å². The Labute approximate surface area is 105 Å². The van der Waals surface area contributed by atoms with Crippen molar-refractivity contribution in [3.8, 4) is 0 Å². The van der Waals surface area contributed by atoms with E-state index in [1.165, 1.54) is 13.2 Å². The number of thiophene rings is 1. The lowest BCUT2D eigenvalue weighted by molar-refractivity contribution is 0.0625. The van der Waals surface area contributed by atoms with Crippen molar-refractivity contribution in [2.24, 2.45) is 0 Å². The molecule has 0 saturated carbocycles. The Kier molecular flexibility index (Phi) is 3.37. The highest BCUT2D eigenvalue weighted by atomic mass is 32.1. The largest absolute Gasteiger partial charge is 0.397 e. The molecule has 2 rings (SSSR count). The summed E-state index contributed by atoms with van der Waals surface area (Å²) < 4.78 is 24.4. The molecule has 2 aromatic heterocycles. The van der Waals surface area contributed by atoms with Crippen molar-refractivity contribution in [2.45, 2.75) is 6.43 Å². The zero-order chi connectivity index (χ0) is 13.3. The fourth-order valence-corrected chi connectivity index (χ4v) is 2.53. The summed E-state index contributed by atoms with van der Waals surface area (Å²) in [7, 11) is 1.31. The Morgan fingerprint density at radius 1 is 1.61 bits per heavy atom. The summed E-state index contributed by atoms with van der Waals surface area (Å²) in [6, 6.07) is 1.64. The number of anilines is 1. The molecular weight excluding hydrogens is 262 g/mol. The number of halogens is 2. The second-order valence-electron chi connectivity index (χ2n) is 3.67. The van der Waals surface area contributed by atoms with E-state index in [4.69, 9.17) is 5.73 Å². The smallest absolute Gasteiger partial charge is 0.266 e. The van der Waals surface area contributed by atoms with Crippen LogP contribution in [0.2, 0.25) is 0 Å². The van der Waals surface area contributed by atoms with Crippen LogP contribution in [0.5, 0.6) is 0 Å². The number of rotatable bonds is 3. The second kappa shape index (κ2) is 4.81. The van der Waals surface area contributed by atoms with Crippen LogP contribution in [-0.2, 0) is 0 Å². The van der Waals surface area contributed by atoms with Crippen molar-refractivity contribution in [1.29, 1.82) is 0 Å². The minimum Gasteiger partial charge on any atom is -0.397 e. The van der Waals surface area contributed by atoms with Crippen LogP contribution in [-0.4, -0.2) is 41.0 Å². The average Bonchev–Trinajstić information content (AvgIpc) is 2.66. The van der Waals surface area contributed by atoms with Gasteiger partial charge < -0.3 is 10.6 Å². The molecule has 0 saturated heterocycles. The molecule has 18 heavy (non-hydrogen) atoms. The summed E-state index contributed by atoms with van der Waals surface area (Å²) in [6.45, 7) is -0.627. The van der Waals surface area contributed by atoms with Crippen LogP contribution in [0, 0.1) is 0 Å². The van der Waals surface area contributed by atoms with E-state index in [1.807, 2.05) is 0 Å². The van der Waals surface area contributed by atoms with Crippen LogP contribution in [0.1, 0.15) is 9.67 Å². The maximum Gasteiger partial charge on any atom is 0.266 e. The molecule has 0 aliphatic carbocycles. The van der Waals surface area contributed by atoms with Gasteiger partial charge in [0.25, 0.3) is 12.3 Å². The monoisotopic (exact) mass is 272 g/mol. The first-order chi connectivity index (χ1) is 8.50. The normalized spacial score (nSPS) is 11.1. The number of carbonyl (C=O) groups excluding carboxylic acids is 1. The number of alkyl halides is 2. The van der Waals surface area contributed by atoms with E-state index in [2.05, 4.69) is 10.2 Å². The van der Waals surface area contributed by atoms with Gasteiger partial charge in [-0.15, -0.1) is 16.4 Å². The Hall–Kier alpha value is -1.83. The van der Waals surface area contributed by atoms with Crippen LogP contribution in [0.4, 0.5) is 14.5 Å². The summed E-state index contributed by atoms with van der Waals surface area (Å²) >= 11 is 1.05. The Bertz CT molecular complexity index is 586. The van der Waals surface area contributed by atoms with Crippen molar-refractivity contribution >= 4 is 33.1 Å². The van der Waals surface area contributed by atoms with E-state index in [0.717, 1.165) is 16.2 Å². The van der Waals surface area contributed by atoms with Gasteiger partial charge in [0.05, 0.1) is 18.4 Å². The highest BCUT2D eigenvalue weighted by Crippen LogP contribution is 2.32. The third-order valence-corrected chi connectivity index (χ3v) is 3.47. The van der Waals surface area contributed by atoms with Gasteiger partial charge in [-0.1, -0.05) is 0 Å². The number of hydrogen-bond acceptors (Lipinski definition) is 5. The Morgan fingerprint density at radius 3 is 2.94 bits per heavy atom. The number of hydrogen-bond donors (Lipinski definition) is 1. The molecule has 0 fully saturated rings. The average molecular weight is 272 g/mol. The first-order valence-electron chi connectivity index (χ1n) is 5.04. The topological polar surface area (TPSA) is 72.1 Å². The van der Waals surface area contributed by atoms with Gasteiger partial charge in [0, 0.05) is 12.4 Å². The lowest BCUT2D eigenvalue weighted by atomic mass is 10.2. The summed E-state index contributed by atoms with van der Waals surface area (Å²) in [5.74, 6) is -0.532. The van der Waals surface area contributed by atoms with E-state index in [9.17, 15) is 13.6 Å². The third-order valence-electron chi connectivity index (χ3n) is 2.37. The minimum atomic E-state index is -2.57. The molecule has 0 unspecified atom stereocenters. The maximum atomic E-state index is 12.2. The second-order valence-corrected chi connectivity index (χ2v) is 4.67. The fraction of sp³-hybridized carbons (Fsp3) is 0.300. The van der Waals surface area contributed by atoms with Gasteiger partial charge in [-0.3, -0.25) is 4.79 Å². The van der Waals surface area contributed by atoms with E-state index in [1.54, 1.807) is 6.07 Å². The number of amides is 1. The highest BCUT2D eigenvalue weighted by molar-refractivity contribution is 7.21. The molecule has 1 amide bonds. The molecule has 0 aromatic carbocycles. The van der Waals surface area contributed by atoms with Gasteiger partial charge in [0.2, 0.25) is 0 Å². The lowest BCUT2D eigenvalue weighted by Crippen LogP contribution is -2.31. The van der Waals surface area contributed by atoms with Gasteiger partial charge in [-0.2, -0.15) is 5.10 Å². The molecule has 96 valence electrons. The fourth-order valence-electron chi connectivity index (χ4n) is 1.50. The van der Waals surface area contributed by atoms with Gasteiger partial charge >= 0.3 is 0 Å². The molecule has 0 atom stereocenters. The number of nitrogens with two attached hydrogens (primary N) is 1. The summed E-state index contributed by atoms with van der Waals surface area (Å²) in [6.07, 6.45) is -1.11. The zero-order valence-electron chi connectivity index (χ0n) is 9.43. The molecule has 2 heterocycles. The van der Waals surface area contributed by atoms with Gasteiger partial charge in [-0.05, 0) is 6.07 Å². The quantitative estimate of drug-likeness (QED) is 0.921. The van der Waals surface area contributed by atoms with Crippen LogP contribution >= 0.6 is 11.3 Å². The zero-order valence-corrected chi connectivity index (χ0v) is 10.2. The van der Waals surface area contributed by atoms with Crippen LogP contribution in [0.3, 0.4) is 0 Å². The molecule has 0 aliphatic heterocycles. The Balaban J connectivity index is 2.36. The maximum absolute atomic E-state index is 12.2. The first-order valence-corrected chi connectivity index (χ1v) is 5.85. The van der Waals surface area contributed by atoms with Crippen molar-refractivity contribution in [2.75, 3.05) is 19.3 Å². The number of fused-ring (bicyclic) bond motifs is 1. The minimum absolute atomic E-state index is 0.216. The van der Waals surface area contributed by atoms with Crippen molar-refractivity contribution in [3.63, 3.8) is 0 Å². The van der Waals surface area contributed by atoms with Crippen LogP contribution in [0.15, 0.2) is 12.3 Å². The van der Waals surface area contributed by atoms with Gasteiger partial charge in [-0.25, -0.2) is 8.78 Å². The SMILES string of the molecule is CN(CC(F)F)C(=O)c1sc2nnccc2c1N.